The van der Waals surface area contributed by atoms with Crippen LogP contribution in [0.5, 0.6) is 0 Å². The van der Waals surface area contributed by atoms with Crippen LogP contribution in [0.15, 0.2) is 61.1 Å². The number of hydrogen-bond donors (Lipinski definition) is 0. The van der Waals surface area contributed by atoms with Gasteiger partial charge in [-0.2, -0.15) is 0 Å². The van der Waals surface area contributed by atoms with E-state index in [1.807, 2.05) is 60.0 Å². The Labute approximate surface area is 144 Å². The number of para-hydroxylation sites is 2. The van der Waals surface area contributed by atoms with Crippen molar-refractivity contribution in [1.29, 1.82) is 0 Å². The molecule has 0 N–H and O–H groups in total. The second-order valence-electron chi connectivity index (χ2n) is 5.74. The quantitative estimate of drug-likeness (QED) is 0.577. The van der Waals surface area contributed by atoms with E-state index in [2.05, 4.69) is 15.0 Å². The Morgan fingerprint density at radius 3 is 2.68 bits per heavy atom. The van der Waals surface area contributed by atoms with Gasteiger partial charge in [-0.25, -0.2) is 9.97 Å². The molecule has 124 valence electrons. The van der Waals surface area contributed by atoms with Gasteiger partial charge in [-0.1, -0.05) is 18.2 Å². The third-order valence-electron chi connectivity index (χ3n) is 4.18. The average Bonchev–Trinajstić information content (AvgIpc) is 3.08. The minimum absolute atomic E-state index is 0.133. The predicted molar refractivity (Wildman–Crippen MR) is 95.1 cm³/mol. The molecule has 0 unspecified atom stereocenters. The maximum absolute atomic E-state index is 12.9. The standard InChI is InChI=1S/C19H17N5O/c1-2-23(13-14-11-21-18-9-5-6-10-24(14)18)19(25)17-12-20-15-7-3-4-8-16(15)22-17/h3-12H,2,13H2,1H3. The first-order chi connectivity index (χ1) is 12.3. The second-order valence-corrected chi connectivity index (χ2v) is 5.74. The lowest BCUT2D eigenvalue weighted by Gasteiger charge is -2.20. The van der Waals surface area contributed by atoms with Crippen LogP contribution in [0, 0.1) is 0 Å². The molecule has 0 spiro atoms. The van der Waals surface area contributed by atoms with Gasteiger partial charge in [0.15, 0.2) is 0 Å². The molecule has 0 aliphatic rings. The molecular weight excluding hydrogens is 314 g/mol. The van der Waals surface area contributed by atoms with Crippen molar-refractivity contribution in [3.63, 3.8) is 0 Å². The zero-order valence-corrected chi connectivity index (χ0v) is 13.8. The van der Waals surface area contributed by atoms with E-state index in [4.69, 9.17) is 0 Å². The number of nitrogens with zero attached hydrogens (tertiary/aromatic N) is 5. The first-order valence-electron chi connectivity index (χ1n) is 8.18. The minimum atomic E-state index is -0.133. The smallest absolute Gasteiger partial charge is 0.274 e. The van der Waals surface area contributed by atoms with Crippen LogP contribution in [0.2, 0.25) is 0 Å². The van der Waals surface area contributed by atoms with E-state index in [0.717, 1.165) is 22.4 Å². The fourth-order valence-corrected chi connectivity index (χ4v) is 2.85. The Hall–Kier alpha value is -3.28. The van der Waals surface area contributed by atoms with Crippen LogP contribution in [-0.4, -0.2) is 36.7 Å². The summed E-state index contributed by atoms with van der Waals surface area (Å²) in [4.78, 5) is 27.8. The maximum Gasteiger partial charge on any atom is 0.274 e. The summed E-state index contributed by atoms with van der Waals surface area (Å²) < 4.78 is 1.99. The first-order valence-corrected chi connectivity index (χ1v) is 8.18. The lowest BCUT2D eigenvalue weighted by atomic mass is 10.2. The van der Waals surface area contributed by atoms with Crippen molar-refractivity contribution in [3.8, 4) is 0 Å². The molecule has 6 heteroatoms. The molecule has 4 aromatic rings. The Morgan fingerprint density at radius 2 is 1.84 bits per heavy atom. The number of imidazole rings is 1. The first kappa shape index (κ1) is 15.3. The van der Waals surface area contributed by atoms with Crippen LogP contribution in [0.4, 0.5) is 0 Å². The van der Waals surface area contributed by atoms with Gasteiger partial charge in [-0.05, 0) is 31.2 Å². The van der Waals surface area contributed by atoms with Gasteiger partial charge in [0.05, 0.1) is 35.7 Å². The molecule has 0 saturated carbocycles. The van der Waals surface area contributed by atoms with E-state index in [1.165, 1.54) is 0 Å². The lowest BCUT2D eigenvalue weighted by Crippen LogP contribution is -2.31. The van der Waals surface area contributed by atoms with Crippen molar-refractivity contribution in [1.82, 2.24) is 24.3 Å². The fourth-order valence-electron chi connectivity index (χ4n) is 2.85. The lowest BCUT2D eigenvalue weighted by molar-refractivity contribution is 0.0744. The van der Waals surface area contributed by atoms with Gasteiger partial charge >= 0.3 is 0 Å². The van der Waals surface area contributed by atoms with Crippen molar-refractivity contribution < 1.29 is 4.79 Å². The maximum atomic E-state index is 12.9. The molecule has 1 amide bonds. The van der Waals surface area contributed by atoms with E-state index in [0.29, 0.717) is 18.8 Å². The van der Waals surface area contributed by atoms with Crippen LogP contribution in [0.1, 0.15) is 23.1 Å². The highest BCUT2D eigenvalue weighted by Gasteiger charge is 2.18. The summed E-state index contributed by atoms with van der Waals surface area (Å²) in [6, 6.07) is 13.4. The van der Waals surface area contributed by atoms with Gasteiger partial charge in [0.25, 0.3) is 5.91 Å². The number of carbonyl (C=O) groups is 1. The molecule has 4 rings (SSSR count). The van der Waals surface area contributed by atoms with E-state index >= 15 is 0 Å². The van der Waals surface area contributed by atoms with Crippen LogP contribution < -0.4 is 0 Å². The minimum Gasteiger partial charge on any atom is -0.332 e. The molecule has 0 atom stereocenters. The second kappa shape index (κ2) is 6.32. The van der Waals surface area contributed by atoms with E-state index < -0.39 is 0 Å². The molecular formula is C19H17N5O. The number of pyridine rings is 1. The summed E-state index contributed by atoms with van der Waals surface area (Å²) in [5.41, 5.74) is 3.68. The summed E-state index contributed by atoms with van der Waals surface area (Å²) in [6.07, 6.45) is 5.30. The summed E-state index contributed by atoms with van der Waals surface area (Å²) in [5, 5.41) is 0. The van der Waals surface area contributed by atoms with Gasteiger partial charge in [-0.3, -0.25) is 9.78 Å². The van der Waals surface area contributed by atoms with Crippen molar-refractivity contribution in [2.75, 3.05) is 6.54 Å². The monoisotopic (exact) mass is 331 g/mol. The number of amides is 1. The molecule has 3 aromatic heterocycles. The molecule has 0 fully saturated rings. The summed E-state index contributed by atoms with van der Waals surface area (Å²) >= 11 is 0. The fraction of sp³-hybridized carbons (Fsp3) is 0.158. The van der Waals surface area contributed by atoms with Crippen LogP contribution in [-0.2, 0) is 6.54 Å². The molecule has 0 radical (unpaired) electrons. The predicted octanol–water partition coefficient (Wildman–Crippen LogP) is 2.94. The highest BCUT2D eigenvalue weighted by Crippen LogP contribution is 2.13. The molecule has 0 bridgehead atoms. The number of benzene rings is 1. The highest BCUT2D eigenvalue weighted by atomic mass is 16.2. The van der Waals surface area contributed by atoms with Crippen LogP contribution in [0.3, 0.4) is 0 Å². The Kier molecular flexibility index (Phi) is 3.85. The third kappa shape index (κ3) is 2.82. The highest BCUT2D eigenvalue weighted by molar-refractivity contribution is 5.93. The zero-order chi connectivity index (χ0) is 17.2. The Bertz CT molecular complexity index is 1060. The average molecular weight is 331 g/mol. The molecule has 6 nitrogen and oxygen atoms in total. The van der Waals surface area contributed by atoms with Crippen molar-refractivity contribution >= 4 is 22.6 Å². The molecule has 1 aromatic carbocycles. The zero-order valence-electron chi connectivity index (χ0n) is 13.8. The molecule has 3 heterocycles. The number of fused-ring (bicyclic) bond motifs is 2. The summed E-state index contributed by atoms with van der Waals surface area (Å²) in [5.74, 6) is -0.133. The number of rotatable bonds is 4. The van der Waals surface area contributed by atoms with E-state index in [1.54, 1.807) is 17.3 Å². The largest absolute Gasteiger partial charge is 0.332 e. The molecule has 0 aliphatic carbocycles. The molecule has 0 aliphatic heterocycles. The summed E-state index contributed by atoms with van der Waals surface area (Å²) in [6.45, 7) is 3.00. The van der Waals surface area contributed by atoms with Gasteiger partial charge in [0.1, 0.15) is 11.3 Å². The van der Waals surface area contributed by atoms with Crippen LogP contribution >= 0.6 is 0 Å². The van der Waals surface area contributed by atoms with Crippen molar-refractivity contribution in [3.05, 3.63) is 72.4 Å². The van der Waals surface area contributed by atoms with Gasteiger partial charge in [0.2, 0.25) is 0 Å². The van der Waals surface area contributed by atoms with Gasteiger partial charge in [-0.15, -0.1) is 0 Å². The Balaban J connectivity index is 1.64. The van der Waals surface area contributed by atoms with Crippen molar-refractivity contribution in [2.45, 2.75) is 13.5 Å². The van der Waals surface area contributed by atoms with Crippen molar-refractivity contribution in [2.24, 2.45) is 0 Å². The summed E-state index contributed by atoms with van der Waals surface area (Å²) in [7, 11) is 0. The van der Waals surface area contributed by atoms with E-state index in [-0.39, 0.29) is 5.91 Å². The van der Waals surface area contributed by atoms with E-state index in [9.17, 15) is 4.79 Å². The number of aromatic nitrogens is 4. The SMILES string of the molecule is CCN(Cc1cnc2ccccn12)C(=O)c1cnc2ccccc2n1. The normalized spacial score (nSPS) is 11.1. The molecule has 0 saturated heterocycles. The van der Waals surface area contributed by atoms with Gasteiger partial charge < -0.3 is 9.30 Å². The van der Waals surface area contributed by atoms with Crippen LogP contribution in [0.25, 0.3) is 16.7 Å². The Morgan fingerprint density at radius 1 is 1.04 bits per heavy atom. The molecule has 25 heavy (non-hydrogen) atoms. The van der Waals surface area contributed by atoms with Gasteiger partial charge in [0, 0.05) is 12.7 Å². The number of carbonyl (C=O) groups excluding carboxylic acids is 1. The number of hydrogen-bond acceptors (Lipinski definition) is 4. The topological polar surface area (TPSA) is 63.4 Å². The third-order valence-corrected chi connectivity index (χ3v) is 4.18.